The Morgan fingerprint density at radius 3 is 2.75 bits per heavy atom. The maximum absolute atomic E-state index is 14.2. The van der Waals surface area contributed by atoms with E-state index in [9.17, 15) is 4.39 Å². The lowest BCUT2D eigenvalue weighted by Crippen LogP contribution is -2.58. The van der Waals surface area contributed by atoms with E-state index in [1.807, 2.05) is 16.3 Å². The maximum Gasteiger partial charge on any atom is 0.220 e. The summed E-state index contributed by atoms with van der Waals surface area (Å²) in [6, 6.07) is 8.57. The van der Waals surface area contributed by atoms with Gasteiger partial charge in [-0.25, -0.2) is 9.38 Å². The van der Waals surface area contributed by atoms with Gasteiger partial charge >= 0.3 is 0 Å². The number of halogens is 1. The molecule has 0 radical (unpaired) electrons. The topological polar surface area (TPSA) is 89.2 Å². The summed E-state index contributed by atoms with van der Waals surface area (Å²) < 4.78 is 20.2. The van der Waals surface area contributed by atoms with E-state index < -0.39 is 5.66 Å². The number of nitrogens with zero attached hydrogens (tertiary/aromatic N) is 3. The van der Waals surface area contributed by atoms with Gasteiger partial charge in [0.25, 0.3) is 0 Å². The summed E-state index contributed by atoms with van der Waals surface area (Å²) in [6.07, 6.45) is 5.50. The van der Waals surface area contributed by atoms with Gasteiger partial charge in [-0.1, -0.05) is 12.5 Å². The summed E-state index contributed by atoms with van der Waals surface area (Å²) in [5.74, 6) is 0.606. The number of hydrogen-bond acceptors (Lipinski definition) is 7. The summed E-state index contributed by atoms with van der Waals surface area (Å²) in [7, 11) is 0. The minimum Gasteiger partial charge on any atom is -0.491 e. The van der Waals surface area contributed by atoms with Crippen LogP contribution in [0, 0.1) is 5.82 Å². The van der Waals surface area contributed by atoms with E-state index in [-0.39, 0.29) is 17.7 Å². The van der Waals surface area contributed by atoms with Gasteiger partial charge in [-0.2, -0.15) is 4.99 Å². The van der Waals surface area contributed by atoms with E-state index >= 15 is 0 Å². The minimum absolute atomic E-state index is 0.173. The van der Waals surface area contributed by atoms with E-state index in [1.54, 1.807) is 17.4 Å². The smallest absolute Gasteiger partial charge is 0.220 e. The van der Waals surface area contributed by atoms with E-state index in [1.165, 1.54) is 17.0 Å². The highest BCUT2D eigenvalue weighted by molar-refractivity contribution is 7.09. The van der Waals surface area contributed by atoms with Gasteiger partial charge in [-0.15, -0.1) is 11.3 Å². The molecule has 28 heavy (non-hydrogen) atoms. The Labute approximate surface area is 167 Å². The van der Waals surface area contributed by atoms with E-state index in [0.29, 0.717) is 18.0 Å². The number of ether oxygens (including phenoxy) is 1. The summed E-state index contributed by atoms with van der Waals surface area (Å²) in [5, 5.41) is 2.04. The van der Waals surface area contributed by atoms with Gasteiger partial charge in [-0.3, -0.25) is 4.90 Å². The third-order valence-corrected chi connectivity index (χ3v) is 6.14. The normalized spacial score (nSPS) is 18.7. The summed E-state index contributed by atoms with van der Waals surface area (Å²) >= 11 is 1.69. The second kappa shape index (κ2) is 7.79. The first-order chi connectivity index (χ1) is 13.6. The Bertz CT molecular complexity index is 890. The number of anilines is 1. The molecule has 0 amide bonds. The molecular formula is C20H24FN5OS. The first-order valence-corrected chi connectivity index (χ1v) is 10.4. The molecule has 1 saturated carbocycles. The Morgan fingerprint density at radius 2 is 2.00 bits per heavy atom. The molecule has 148 valence electrons. The van der Waals surface area contributed by atoms with Crippen LogP contribution in [0.3, 0.4) is 0 Å². The Hall–Kier alpha value is -2.61. The van der Waals surface area contributed by atoms with Crippen molar-refractivity contribution in [2.45, 2.75) is 44.2 Å². The van der Waals surface area contributed by atoms with Crippen molar-refractivity contribution >= 4 is 28.9 Å². The molecule has 6 nitrogen and oxygen atoms in total. The van der Waals surface area contributed by atoms with Crippen molar-refractivity contribution in [3.05, 3.63) is 46.4 Å². The van der Waals surface area contributed by atoms with Crippen LogP contribution in [0.4, 0.5) is 10.1 Å². The monoisotopic (exact) mass is 401 g/mol. The molecule has 1 spiro atoms. The zero-order chi connectivity index (χ0) is 19.6. The van der Waals surface area contributed by atoms with Crippen LogP contribution in [0.25, 0.3) is 0 Å². The van der Waals surface area contributed by atoms with Gasteiger partial charge in [0.15, 0.2) is 0 Å². The molecule has 8 heteroatoms. The molecule has 0 bridgehead atoms. The molecule has 1 fully saturated rings. The van der Waals surface area contributed by atoms with Crippen LogP contribution < -0.4 is 21.1 Å². The average Bonchev–Trinajstić information content (AvgIpc) is 3.17. The van der Waals surface area contributed by atoms with Gasteiger partial charge in [0, 0.05) is 17.4 Å². The second-order valence-electron chi connectivity index (χ2n) is 7.11. The number of aliphatic imine (C=N–C) groups is 2. The number of thiophene rings is 1. The molecule has 0 atom stereocenters. The average molecular weight is 402 g/mol. The highest BCUT2D eigenvalue weighted by atomic mass is 32.1. The van der Waals surface area contributed by atoms with E-state index in [2.05, 4.69) is 16.1 Å². The lowest BCUT2D eigenvalue weighted by atomic mass is 9.87. The standard InChI is InChI=1S/C20H24FN5OS/c21-14-6-7-17(27-11-8-15-5-4-12-28-15)16(13-14)26-19(23)24-18(22)25-20(26)9-2-1-3-10-20/h4-7,12-13H,1-3,8-11H2,(H4,22,23,24,25). The van der Waals surface area contributed by atoms with Crippen LogP contribution in [0.15, 0.2) is 45.7 Å². The Kier molecular flexibility index (Phi) is 5.21. The van der Waals surface area contributed by atoms with Crippen molar-refractivity contribution in [1.82, 2.24) is 0 Å². The Balaban J connectivity index is 1.66. The molecule has 4 rings (SSSR count). The van der Waals surface area contributed by atoms with Gasteiger partial charge < -0.3 is 16.2 Å². The van der Waals surface area contributed by atoms with Crippen LogP contribution in [0.5, 0.6) is 5.75 Å². The summed E-state index contributed by atoms with van der Waals surface area (Å²) in [6.45, 7) is 0.489. The van der Waals surface area contributed by atoms with Crippen molar-refractivity contribution in [3.8, 4) is 5.75 Å². The fourth-order valence-corrected chi connectivity index (χ4v) is 4.66. The molecule has 1 aliphatic heterocycles. The molecule has 0 saturated heterocycles. The quantitative estimate of drug-likeness (QED) is 0.801. The highest BCUT2D eigenvalue weighted by Gasteiger charge is 2.43. The number of guanidine groups is 2. The number of nitrogens with two attached hydrogens (primary N) is 2. The van der Waals surface area contributed by atoms with Crippen LogP contribution in [0.1, 0.15) is 37.0 Å². The fraction of sp³-hybridized carbons (Fsp3) is 0.400. The summed E-state index contributed by atoms with van der Waals surface area (Å²) in [4.78, 5) is 11.9. The minimum atomic E-state index is -0.631. The molecule has 2 heterocycles. The second-order valence-corrected chi connectivity index (χ2v) is 8.14. The number of hydrogen-bond donors (Lipinski definition) is 2. The lowest BCUT2D eigenvalue weighted by molar-refractivity contribution is 0.295. The molecular weight excluding hydrogens is 377 g/mol. The van der Waals surface area contributed by atoms with E-state index in [4.69, 9.17) is 16.2 Å². The lowest BCUT2D eigenvalue weighted by Gasteiger charge is -2.45. The molecule has 4 N–H and O–H groups in total. The fourth-order valence-electron chi connectivity index (χ4n) is 3.97. The van der Waals surface area contributed by atoms with Crippen LogP contribution >= 0.6 is 11.3 Å². The molecule has 2 aliphatic rings. The van der Waals surface area contributed by atoms with Gasteiger partial charge in [0.05, 0.1) is 12.3 Å². The molecule has 2 aromatic rings. The van der Waals surface area contributed by atoms with Crippen molar-refractivity contribution in [1.29, 1.82) is 0 Å². The van der Waals surface area contributed by atoms with Crippen molar-refractivity contribution in [2.75, 3.05) is 11.5 Å². The van der Waals surface area contributed by atoms with Crippen LogP contribution in [0.2, 0.25) is 0 Å². The maximum atomic E-state index is 14.2. The first-order valence-electron chi connectivity index (χ1n) is 9.52. The van der Waals surface area contributed by atoms with Crippen molar-refractivity contribution in [3.63, 3.8) is 0 Å². The zero-order valence-corrected chi connectivity index (χ0v) is 16.4. The summed E-state index contributed by atoms with van der Waals surface area (Å²) in [5.41, 5.74) is 12.1. The van der Waals surface area contributed by atoms with Gasteiger partial charge in [-0.05, 0) is 49.3 Å². The molecule has 1 aromatic carbocycles. The SMILES string of the molecule is NC1=NC2(CCCCC2)N(c2cc(F)ccc2OCCc2cccs2)C(N)=N1. The largest absolute Gasteiger partial charge is 0.491 e. The third-order valence-electron chi connectivity index (χ3n) is 5.20. The third kappa shape index (κ3) is 3.69. The van der Waals surface area contributed by atoms with Crippen LogP contribution in [-0.4, -0.2) is 24.2 Å². The van der Waals surface area contributed by atoms with Gasteiger partial charge in [0.2, 0.25) is 11.9 Å². The molecule has 1 aromatic heterocycles. The van der Waals surface area contributed by atoms with Crippen molar-refractivity contribution < 1.29 is 9.13 Å². The first kappa shape index (κ1) is 18.7. The Morgan fingerprint density at radius 1 is 1.18 bits per heavy atom. The van der Waals surface area contributed by atoms with Crippen molar-refractivity contribution in [2.24, 2.45) is 21.5 Å². The van der Waals surface area contributed by atoms with E-state index in [0.717, 1.165) is 38.5 Å². The molecule has 1 aliphatic carbocycles. The van der Waals surface area contributed by atoms with Crippen LogP contribution in [-0.2, 0) is 6.42 Å². The predicted octanol–water partition coefficient (Wildman–Crippen LogP) is 3.62. The zero-order valence-electron chi connectivity index (χ0n) is 15.6. The number of benzene rings is 1. The predicted molar refractivity (Wildman–Crippen MR) is 111 cm³/mol. The van der Waals surface area contributed by atoms with Gasteiger partial charge in [0.1, 0.15) is 17.2 Å². The highest BCUT2D eigenvalue weighted by Crippen LogP contribution is 2.42. The number of rotatable bonds is 5. The molecule has 0 unspecified atom stereocenters.